The number of aliphatic hydroxyl groups excluding tert-OH is 1. The first-order valence-electron chi connectivity index (χ1n) is 12.8. The topological polar surface area (TPSA) is 73.8 Å². The van der Waals surface area contributed by atoms with Gasteiger partial charge < -0.3 is 20.1 Å². The largest absolute Gasteiger partial charge is 0.497 e. The van der Waals surface area contributed by atoms with Gasteiger partial charge in [-0.2, -0.15) is 4.98 Å². The lowest BCUT2D eigenvalue weighted by Crippen LogP contribution is -2.49. The molecule has 2 saturated heterocycles. The van der Waals surface area contributed by atoms with Crippen LogP contribution in [0.4, 0.5) is 17.5 Å². The average molecular weight is 508 g/mol. The van der Waals surface area contributed by atoms with Crippen LogP contribution in [0.15, 0.2) is 54.6 Å². The molecule has 0 amide bonds. The molecule has 0 spiro atoms. The van der Waals surface area contributed by atoms with E-state index in [0.717, 1.165) is 79.9 Å². The van der Waals surface area contributed by atoms with Gasteiger partial charge in [0, 0.05) is 54.6 Å². The Kier molecular flexibility index (Phi) is 7.90. The molecule has 0 saturated carbocycles. The third-order valence-electron chi connectivity index (χ3n) is 7.27. The van der Waals surface area contributed by atoms with E-state index in [4.69, 9.17) is 26.3 Å². The fourth-order valence-electron chi connectivity index (χ4n) is 5.26. The molecule has 1 unspecified atom stereocenters. The number of aliphatic hydroxyl groups is 1. The maximum Gasteiger partial charge on any atom is 0.227 e. The van der Waals surface area contributed by atoms with Crippen molar-refractivity contribution in [3.05, 3.63) is 59.6 Å². The van der Waals surface area contributed by atoms with E-state index < -0.39 is 0 Å². The van der Waals surface area contributed by atoms with Crippen molar-refractivity contribution in [1.82, 2.24) is 14.9 Å². The number of nitrogens with zero attached hydrogens (tertiary/aromatic N) is 4. The predicted octanol–water partition coefficient (Wildman–Crippen LogP) is 5.22. The molecule has 3 heterocycles. The Morgan fingerprint density at radius 3 is 2.58 bits per heavy atom. The summed E-state index contributed by atoms with van der Waals surface area (Å²) in [6.07, 6.45) is 4.46. The minimum atomic E-state index is 0.295. The molecule has 2 fully saturated rings. The van der Waals surface area contributed by atoms with Gasteiger partial charge in [-0.3, -0.25) is 4.90 Å². The van der Waals surface area contributed by atoms with Crippen molar-refractivity contribution in [2.45, 2.75) is 31.7 Å². The maximum atomic E-state index is 9.62. The summed E-state index contributed by atoms with van der Waals surface area (Å²) >= 11 is 6.07. The number of methoxy groups -OCH3 is 1. The van der Waals surface area contributed by atoms with Crippen LogP contribution < -0.4 is 15.0 Å². The quantitative estimate of drug-likeness (QED) is 0.454. The minimum absolute atomic E-state index is 0.295. The van der Waals surface area contributed by atoms with Crippen LogP contribution in [0.25, 0.3) is 11.3 Å². The monoisotopic (exact) mass is 507 g/mol. The van der Waals surface area contributed by atoms with Gasteiger partial charge in [-0.25, -0.2) is 4.98 Å². The van der Waals surface area contributed by atoms with Crippen LogP contribution in [0, 0.1) is 5.92 Å². The van der Waals surface area contributed by atoms with Crippen molar-refractivity contribution in [1.29, 1.82) is 0 Å². The summed E-state index contributed by atoms with van der Waals surface area (Å²) in [7, 11) is 1.67. The molecule has 190 valence electrons. The van der Waals surface area contributed by atoms with Crippen LogP contribution in [0.2, 0.25) is 5.02 Å². The standard InChI is InChI=1S/C28H34ClN5O2/c1-36-25-6-2-5-21(16-25)26-17-27(30-23-9-7-22(29)8-10-23)32-28(31-26)33-14-11-24(12-15-33)34-13-3-4-20(18-34)19-35/h2,5-10,16-17,20,24,35H,3-4,11-15,18-19H2,1H3,(H,30,31,32). The van der Waals surface area contributed by atoms with Gasteiger partial charge in [-0.1, -0.05) is 23.7 Å². The van der Waals surface area contributed by atoms with Crippen molar-refractivity contribution >= 4 is 29.1 Å². The predicted molar refractivity (Wildman–Crippen MR) is 145 cm³/mol. The molecule has 2 aromatic carbocycles. The molecule has 2 aliphatic rings. The fourth-order valence-corrected chi connectivity index (χ4v) is 5.39. The van der Waals surface area contributed by atoms with Crippen LogP contribution in [0.3, 0.4) is 0 Å². The summed E-state index contributed by atoms with van der Waals surface area (Å²) in [5.74, 6) is 2.69. The van der Waals surface area contributed by atoms with E-state index in [0.29, 0.717) is 23.6 Å². The Hall–Kier alpha value is -2.87. The second-order valence-electron chi connectivity index (χ2n) is 9.71. The highest BCUT2D eigenvalue weighted by Crippen LogP contribution is 2.30. The SMILES string of the molecule is COc1cccc(-c2cc(Nc3ccc(Cl)cc3)nc(N3CCC(N4CCCC(CO)C4)CC3)n2)c1. The Balaban J connectivity index is 1.37. The van der Waals surface area contributed by atoms with E-state index in [1.54, 1.807) is 7.11 Å². The minimum Gasteiger partial charge on any atom is -0.497 e. The van der Waals surface area contributed by atoms with E-state index in [9.17, 15) is 5.11 Å². The summed E-state index contributed by atoms with van der Waals surface area (Å²) in [6.45, 7) is 4.26. The van der Waals surface area contributed by atoms with Gasteiger partial charge in [0.1, 0.15) is 11.6 Å². The molecule has 1 aromatic heterocycles. The Morgan fingerprint density at radius 1 is 1.03 bits per heavy atom. The van der Waals surface area contributed by atoms with Gasteiger partial charge in [0.25, 0.3) is 0 Å². The molecule has 7 nitrogen and oxygen atoms in total. The fraction of sp³-hybridized carbons (Fsp3) is 0.429. The summed E-state index contributed by atoms with van der Waals surface area (Å²) in [6, 6.07) is 18.1. The zero-order valence-electron chi connectivity index (χ0n) is 20.7. The van der Waals surface area contributed by atoms with Crippen LogP contribution in [0.1, 0.15) is 25.7 Å². The molecular formula is C28H34ClN5O2. The first kappa shape index (κ1) is 24.8. The van der Waals surface area contributed by atoms with Gasteiger partial charge in [0.15, 0.2) is 0 Å². The third kappa shape index (κ3) is 5.91. The summed E-state index contributed by atoms with van der Waals surface area (Å²) in [4.78, 5) is 14.7. The highest BCUT2D eigenvalue weighted by Gasteiger charge is 2.29. The first-order chi connectivity index (χ1) is 17.6. The number of rotatable bonds is 7. The van der Waals surface area contributed by atoms with Gasteiger partial charge in [-0.05, 0) is 74.5 Å². The Morgan fingerprint density at radius 2 is 1.83 bits per heavy atom. The van der Waals surface area contributed by atoms with Crippen LogP contribution in [-0.4, -0.2) is 65.9 Å². The van der Waals surface area contributed by atoms with Crippen molar-refractivity contribution < 1.29 is 9.84 Å². The lowest BCUT2D eigenvalue weighted by Gasteiger charge is -2.42. The van der Waals surface area contributed by atoms with Crippen molar-refractivity contribution in [3.8, 4) is 17.0 Å². The van der Waals surface area contributed by atoms with E-state index in [1.165, 1.54) is 6.42 Å². The second kappa shape index (κ2) is 11.5. The van der Waals surface area contributed by atoms with Crippen molar-refractivity contribution in [3.63, 3.8) is 0 Å². The van der Waals surface area contributed by atoms with Gasteiger partial charge in [0.2, 0.25) is 5.95 Å². The van der Waals surface area contributed by atoms with Crippen LogP contribution in [-0.2, 0) is 0 Å². The highest BCUT2D eigenvalue weighted by molar-refractivity contribution is 6.30. The summed E-state index contributed by atoms with van der Waals surface area (Å²) in [5, 5.41) is 13.7. The first-order valence-corrected chi connectivity index (χ1v) is 13.1. The highest BCUT2D eigenvalue weighted by atomic mass is 35.5. The number of likely N-dealkylation sites (tertiary alicyclic amines) is 1. The normalized spacial score (nSPS) is 19.3. The van der Waals surface area contributed by atoms with E-state index >= 15 is 0 Å². The molecule has 8 heteroatoms. The van der Waals surface area contributed by atoms with Crippen LogP contribution >= 0.6 is 11.6 Å². The number of aromatic nitrogens is 2. The summed E-state index contributed by atoms with van der Waals surface area (Å²) in [5.41, 5.74) is 2.75. The number of hydrogen-bond donors (Lipinski definition) is 2. The number of piperidine rings is 2. The zero-order chi connectivity index (χ0) is 24.9. The lowest BCUT2D eigenvalue weighted by molar-refractivity contribution is 0.0776. The molecule has 2 aliphatic heterocycles. The van der Waals surface area contributed by atoms with Crippen molar-refractivity contribution in [2.24, 2.45) is 5.92 Å². The Bertz CT molecular complexity index is 1150. The molecule has 0 radical (unpaired) electrons. The average Bonchev–Trinajstić information content (AvgIpc) is 2.94. The van der Waals surface area contributed by atoms with Crippen LogP contribution in [0.5, 0.6) is 5.75 Å². The smallest absolute Gasteiger partial charge is 0.227 e. The van der Waals surface area contributed by atoms with Gasteiger partial charge >= 0.3 is 0 Å². The molecule has 36 heavy (non-hydrogen) atoms. The lowest BCUT2D eigenvalue weighted by atomic mass is 9.94. The second-order valence-corrected chi connectivity index (χ2v) is 10.1. The number of benzene rings is 2. The molecule has 1 atom stereocenters. The van der Waals surface area contributed by atoms with Crippen molar-refractivity contribution in [2.75, 3.05) is 50.1 Å². The summed E-state index contributed by atoms with van der Waals surface area (Å²) < 4.78 is 5.44. The number of halogens is 1. The van der Waals surface area contributed by atoms with Gasteiger partial charge in [-0.15, -0.1) is 0 Å². The zero-order valence-corrected chi connectivity index (χ0v) is 21.5. The number of anilines is 3. The van der Waals surface area contributed by atoms with Gasteiger partial charge in [0.05, 0.1) is 12.8 Å². The number of nitrogens with one attached hydrogen (secondary N) is 1. The van der Waals surface area contributed by atoms with E-state index in [1.807, 2.05) is 54.6 Å². The molecular weight excluding hydrogens is 474 g/mol. The van der Waals surface area contributed by atoms with E-state index in [2.05, 4.69) is 15.1 Å². The molecule has 0 bridgehead atoms. The third-order valence-corrected chi connectivity index (χ3v) is 7.52. The molecule has 5 rings (SSSR count). The Labute approximate surface area is 218 Å². The number of hydrogen-bond acceptors (Lipinski definition) is 7. The maximum absolute atomic E-state index is 9.62. The molecule has 0 aliphatic carbocycles. The number of ether oxygens (including phenoxy) is 1. The van der Waals surface area contributed by atoms with E-state index in [-0.39, 0.29) is 0 Å². The molecule has 2 N–H and O–H groups in total. The molecule has 3 aromatic rings.